The second-order valence-corrected chi connectivity index (χ2v) is 5.35. The Labute approximate surface area is 109 Å². The Morgan fingerprint density at radius 1 is 1.44 bits per heavy atom. The highest BCUT2D eigenvalue weighted by Gasteiger charge is 2.25. The Balaban J connectivity index is 2.16. The standard InChI is InChI=1S/C13H23N5/c1-10(14)8-11-4-5-15-13(16-11)12-9-17(2)6-7-18(12)3/h4-5,10,12H,6-9,14H2,1-3H3. The number of nitrogens with zero attached hydrogens (tertiary/aromatic N) is 4. The zero-order valence-corrected chi connectivity index (χ0v) is 11.5. The first kappa shape index (κ1) is 13.4. The molecule has 1 fully saturated rings. The van der Waals surface area contributed by atoms with Gasteiger partial charge in [-0.2, -0.15) is 0 Å². The molecular formula is C13H23N5. The van der Waals surface area contributed by atoms with Crippen LogP contribution in [0.3, 0.4) is 0 Å². The summed E-state index contributed by atoms with van der Waals surface area (Å²) < 4.78 is 0. The maximum atomic E-state index is 5.82. The summed E-state index contributed by atoms with van der Waals surface area (Å²) in [7, 11) is 4.28. The van der Waals surface area contributed by atoms with Crippen LogP contribution in [0.1, 0.15) is 24.5 Å². The van der Waals surface area contributed by atoms with Crippen molar-refractivity contribution in [2.24, 2.45) is 5.73 Å². The molecule has 1 aliphatic rings. The quantitative estimate of drug-likeness (QED) is 0.834. The average Bonchev–Trinajstić information content (AvgIpc) is 2.32. The van der Waals surface area contributed by atoms with E-state index in [0.717, 1.165) is 37.6 Å². The first-order chi connectivity index (χ1) is 8.56. The van der Waals surface area contributed by atoms with Crippen molar-refractivity contribution < 1.29 is 0 Å². The average molecular weight is 249 g/mol. The molecule has 2 N–H and O–H groups in total. The molecule has 2 unspecified atom stereocenters. The lowest BCUT2D eigenvalue weighted by atomic mass is 10.1. The molecule has 5 nitrogen and oxygen atoms in total. The highest BCUT2D eigenvalue weighted by atomic mass is 15.3. The van der Waals surface area contributed by atoms with Crippen LogP contribution >= 0.6 is 0 Å². The molecule has 2 heterocycles. The third kappa shape index (κ3) is 3.25. The smallest absolute Gasteiger partial charge is 0.146 e. The van der Waals surface area contributed by atoms with Gasteiger partial charge in [0.25, 0.3) is 0 Å². The molecule has 1 saturated heterocycles. The number of rotatable bonds is 3. The Hall–Kier alpha value is -1.04. The second kappa shape index (κ2) is 5.73. The maximum absolute atomic E-state index is 5.82. The van der Waals surface area contributed by atoms with E-state index in [9.17, 15) is 0 Å². The van der Waals surface area contributed by atoms with E-state index in [4.69, 9.17) is 5.73 Å². The lowest BCUT2D eigenvalue weighted by Crippen LogP contribution is -2.45. The lowest BCUT2D eigenvalue weighted by molar-refractivity contribution is 0.109. The molecule has 0 saturated carbocycles. The van der Waals surface area contributed by atoms with Crippen molar-refractivity contribution in [1.82, 2.24) is 19.8 Å². The third-order valence-corrected chi connectivity index (χ3v) is 3.41. The van der Waals surface area contributed by atoms with Gasteiger partial charge in [-0.05, 0) is 27.1 Å². The number of hydrogen-bond donors (Lipinski definition) is 1. The van der Waals surface area contributed by atoms with Gasteiger partial charge in [0.1, 0.15) is 5.82 Å². The number of piperazine rings is 1. The van der Waals surface area contributed by atoms with E-state index in [1.807, 2.05) is 19.2 Å². The van der Waals surface area contributed by atoms with Crippen LogP contribution in [0.4, 0.5) is 0 Å². The van der Waals surface area contributed by atoms with Crippen molar-refractivity contribution in [1.29, 1.82) is 0 Å². The Bertz CT molecular complexity index is 393. The summed E-state index contributed by atoms with van der Waals surface area (Å²) in [4.78, 5) is 13.7. The number of likely N-dealkylation sites (N-methyl/N-ethyl adjacent to an activating group) is 2. The zero-order valence-electron chi connectivity index (χ0n) is 11.5. The van der Waals surface area contributed by atoms with Gasteiger partial charge in [-0.3, -0.25) is 4.90 Å². The fourth-order valence-electron chi connectivity index (χ4n) is 2.31. The van der Waals surface area contributed by atoms with Gasteiger partial charge in [-0.25, -0.2) is 9.97 Å². The van der Waals surface area contributed by atoms with E-state index in [1.165, 1.54) is 0 Å². The van der Waals surface area contributed by atoms with E-state index < -0.39 is 0 Å². The van der Waals surface area contributed by atoms with Gasteiger partial charge in [-0.1, -0.05) is 0 Å². The first-order valence-electron chi connectivity index (χ1n) is 6.52. The summed E-state index contributed by atoms with van der Waals surface area (Å²) in [5, 5.41) is 0. The molecule has 1 aromatic heterocycles. The van der Waals surface area contributed by atoms with Gasteiger partial charge in [0, 0.05) is 44.0 Å². The monoisotopic (exact) mass is 249 g/mol. The summed E-state index contributed by atoms with van der Waals surface area (Å²) in [6, 6.07) is 2.38. The second-order valence-electron chi connectivity index (χ2n) is 5.35. The molecule has 0 bridgehead atoms. The SMILES string of the molecule is CC(N)Cc1ccnc(C2CN(C)CCN2C)n1. The molecular weight excluding hydrogens is 226 g/mol. The Morgan fingerprint density at radius 2 is 2.22 bits per heavy atom. The Morgan fingerprint density at radius 3 is 2.94 bits per heavy atom. The highest BCUT2D eigenvalue weighted by molar-refractivity contribution is 5.07. The van der Waals surface area contributed by atoms with E-state index in [0.29, 0.717) is 0 Å². The molecule has 5 heteroatoms. The first-order valence-corrected chi connectivity index (χ1v) is 6.52. The molecule has 0 aliphatic carbocycles. The largest absolute Gasteiger partial charge is 0.328 e. The third-order valence-electron chi connectivity index (χ3n) is 3.41. The maximum Gasteiger partial charge on any atom is 0.146 e. The van der Waals surface area contributed by atoms with Crippen molar-refractivity contribution in [3.8, 4) is 0 Å². The van der Waals surface area contributed by atoms with Crippen LogP contribution in [-0.2, 0) is 6.42 Å². The summed E-state index contributed by atoms with van der Waals surface area (Å²) in [5.41, 5.74) is 6.86. The predicted molar refractivity (Wildman–Crippen MR) is 72.3 cm³/mol. The molecule has 0 spiro atoms. The van der Waals surface area contributed by atoms with Gasteiger partial charge in [0.05, 0.1) is 6.04 Å². The van der Waals surface area contributed by atoms with E-state index in [1.54, 1.807) is 0 Å². The highest BCUT2D eigenvalue weighted by Crippen LogP contribution is 2.20. The van der Waals surface area contributed by atoms with Crippen molar-refractivity contribution in [2.75, 3.05) is 33.7 Å². The van der Waals surface area contributed by atoms with Crippen molar-refractivity contribution in [2.45, 2.75) is 25.4 Å². The van der Waals surface area contributed by atoms with Gasteiger partial charge >= 0.3 is 0 Å². The Kier molecular flexibility index (Phi) is 4.27. The molecule has 0 radical (unpaired) electrons. The lowest BCUT2D eigenvalue weighted by Gasteiger charge is -2.36. The van der Waals surface area contributed by atoms with E-state index >= 15 is 0 Å². The fourth-order valence-corrected chi connectivity index (χ4v) is 2.31. The van der Waals surface area contributed by atoms with Crippen molar-refractivity contribution in [3.05, 3.63) is 23.8 Å². The van der Waals surface area contributed by atoms with Crippen LogP contribution in [0.5, 0.6) is 0 Å². The van der Waals surface area contributed by atoms with Crippen LogP contribution in [0.2, 0.25) is 0 Å². The fraction of sp³-hybridized carbons (Fsp3) is 0.692. The van der Waals surface area contributed by atoms with Crippen LogP contribution in [0.15, 0.2) is 12.3 Å². The normalized spacial score (nSPS) is 24.1. The molecule has 18 heavy (non-hydrogen) atoms. The molecule has 100 valence electrons. The van der Waals surface area contributed by atoms with Crippen LogP contribution in [0.25, 0.3) is 0 Å². The summed E-state index contributed by atoms with van der Waals surface area (Å²) >= 11 is 0. The molecule has 1 aliphatic heterocycles. The minimum Gasteiger partial charge on any atom is -0.328 e. The summed E-state index contributed by atoms with van der Waals surface area (Å²) in [5.74, 6) is 0.919. The van der Waals surface area contributed by atoms with Gasteiger partial charge in [0.15, 0.2) is 0 Å². The van der Waals surface area contributed by atoms with Gasteiger partial charge in [0.2, 0.25) is 0 Å². The molecule has 2 rings (SSSR count). The molecule has 0 amide bonds. The van der Waals surface area contributed by atoms with Crippen molar-refractivity contribution >= 4 is 0 Å². The minimum absolute atomic E-state index is 0.138. The van der Waals surface area contributed by atoms with Crippen LogP contribution in [-0.4, -0.2) is 59.5 Å². The number of nitrogens with two attached hydrogens (primary N) is 1. The van der Waals surface area contributed by atoms with Crippen LogP contribution < -0.4 is 5.73 Å². The van der Waals surface area contributed by atoms with Crippen LogP contribution in [0, 0.1) is 0 Å². The zero-order chi connectivity index (χ0) is 13.1. The minimum atomic E-state index is 0.138. The topological polar surface area (TPSA) is 58.3 Å². The van der Waals surface area contributed by atoms with Crippen molar-refractivity contribution in [3.63, 3.8) is 0 Å². The molecule has 0 aromatic carbocycles. The summed E-state index contributed by atoms with van der Waals surface area (Å²) in [6.07, 6.45) is 2.66. The number of hydrogen-bond acceptors (Lipinski definition) is 5. The molecule has 1 aromatic rings. The number of aromatic nitrogens is 2. The van der Waals surface area contributed by atoms with E-state index in [-0.39, 0.29) is 12.1 Å². The summed E-state index contributed by atoms with van der Waals surface area (Å²) in [6.45, 7) is 5.15. The van der Waals surface area contributed by atoms with E-state index in [2.05, 4.69) is 33.9 Å². The molecule has 2 atom stereocenters. The van der Waals surface area contributed by atoms with Gasteiger partial charge in [-0.15, -0.1) is 0 Å². The van der Waals surface area contributed by atoms with Gasteiger partial charge < -0.3 is 10.6 Å². The predicted octanol–water partition coefficient (Wildman–Crippen LogP) is 0.285.